The van der Waals surface area contributed by atoms with Crippen LogP contribution in [0.1, 0.15) is 29.8 Å². The Morgan fingerprint density at radius 2 is 1.84 bits per heavy atom. The largest absolute Gasteiger partial charge is 0.391 e. The van der Waals surface area contributed by atoms with Crippen LogP contribution in [0.2, 0.25) is 0 Å². The lowest BCUT2D eigenvalue weighted by molar-refractivity contribution is 0.153. The van der Waals surface area contributed by atoms with Crippen LogP contribution in [0.3, 0.4) is 0 Å². The summed E-state index contributed by atoms with van der Waals surface area (Å²) in [6, 6.07) is 10.3. The Hall–Kier alpha value is -2.40. The lowest BCUT2D eigenvalue weighted by Crippen LogP contribution is -2.40. The maximum Gasteiger partial charge on any atom is 0.165 e. The molecular formula is C20H24N4O. The minimum atomic E-state index is -0.276. The average molecular weight is 336 g/mol. The van der Waals surface area contributed by atoms with Crippen molar-refractivity contribution in [3.63, 3.8) is 0 Å². The quantitative estimate of drug-likeness (QED) is 0.780. The predicted octanol–water partition coefficient (Wildman–Crippen LogP) is 3.28. The monoisotopic (exact) mass is 336 g/mol. The third kappa shape index (κ3) is 2.68. The molecule has 1 N–H and O–H groups in total. The minimum Gasteiger partial charge on any atom is -0.391 e. The van der Waals surface area contributed by atoms with E-state index in [1.807, 2.05) is 29.6 Å². The number of nitrogens with zero attached hydrogens (tertiary/aromatic N) is 4. The van der Waals surface area contributed by atoms with Gasteiger partial charge in [0.2, 0.25) is 0 Å². The number of aromatic nitrogens is 3. The summed E-state index contributed by atoms with van der Waals surface area (Å²) in [5.74, 6) is 1.06. The van der Waals surface area contributed by atoms with Crippen molar-refractivity contribution in [1.29, 1.82) is 0 Å². The molecule has 0 aliphatic carbocycles. The fourth-order valence-electron chi connectivity index (χ4n) is 3.79. The highest BCUT2D eigenvalue weighted by atomic mass is 16.3. The number of benzene rings is 1. The van der Waals surface area contributed by atoms with Crippen LogP contribution in [-0.4, -0.2) is 38.9 Å². The van der Waals surface area contributed by atoms with Gasteiger partial charge in [-0.25, -0.2) is 4.98 Å². The van der Waals surface area contributed by atoms with Crippen LogP contribution in [0.25, 0.3) is 16.8 Å². The third-order valence-corrected chi connectivity index (χ3v) is 5.15. The molecule has 5 heteroatoms. The zero-order valence-corrected chi connectivity index (χ0v) is 15.0. The fourth-order valence-corrected chi connectivity index (χ4v) is 3.79. The first kappa shape index (κ1) is 16.1. The first-order valence-electron chi connectivity index (χ1n) is 8.91. The highest BCUT2D eigenvalue weighted by Gasteiger charge is 2.25. The van der Waals surface area contributed by atoms with Crippen LogP contribution >= 0.6 is 0 Å². The maximum atomic E-state index is 10.1. The molecule has 2 aromatic heterocycles. The van der Waals surface area contributed by atoms with Crippen molar-refractivity contribution in [3.8, 4) is 11.1 Å². The summed E-state index contributed by atoms with van der Waals surface area (Å²) in [6.45, 7) is 7.78. The molecule has 1 aliphatic rings. The summed E-state index contributed by atoms with van der Waals surface area (Å²) in [7, 11) is 0. The molecule has 0 unspecified atom stereocenters. The van der Waals surface area contributed by atoms with E-state index in [0.717, 1.165) is 58.9 Å². The van der Waals surface area contributed by atoms with Crippen LogP contribution in [-0.2, 0) is 0 Å². The van der Waals surface area contributed by atoms with Gasteiger partial charge < -0.3 is 10.0 Å². The second-order valence-electron chi connectivity index (χ2n) is 6.95. The molecule has 0 saturated carbocycles. The molecule has 0 radical (unpaired) electrons. The van der Waals surface area contributed by atoms with Crippen LogP contribution in [0.5, 0.6) is 0 Å². The summed E-state index contributed by atoms with van der Waals surface area (Å²) in [5.41, 5.74) is 6.23. The van der Waals surface area contributed by atoms with Gasteiger partial charge >= 0.3 is 0 Å². The molecule has 25 heavy (non-hydrogen) atoms. The van der Waals surface area contributed by atoms with Crippen molar-refractivity contribution in [2.45, 2.75) is 39.7 Å². The van der Waals surface area contributed by atoms with E-state index in [4.69, 9.17) is 10.1 Å². The number of rotatable bonds is 2. The average Bonchev–Trinajstić information content (AvgIpc) is 2.92. The SMILES string of the molecule is Cc1nc2c(-c3ccccc3)c(C)nn2c(N2CCC[C@@H](O)C2)c1C. The Balaban J connectivity index is 1.96. The molecule has 1 saturated heterocycles. The normalized spacial score (nSPS) is 18.1. The van der Waals surface area contributed by atoms with Gasteiger partial charge in [-0.05, 0) is 39.2 Å². The van der Waals surface area contributed by atoms with Gasteiger partial charge in [-0.15, -0.1) is 0 Å². The van der Waals surface area contributed by atoms with Crippen LogP contribution in [0, 0.1) is 20.8 Å². The molecule has 0 amide bonds. The van der Waals surface area contributed by atoms with Crippen molar-refractivity contribution in [2.75, 3.05) is 18.0 Å². The molecule has 1 aliphatic heterocycles. The van der Waals surface area contributed by atoms with E-state index in [2.05, 4.69) is 30.9 Å². The van der Waals surface area contributed by atoms with Gasteiger partial charge in [0.15, 0.2) is 5.65 Å². The molecule has 1 atom stereocenters. The number of fused-ring (bicyclic) bond motifs is 1. The number of aliphatic hydroxyl groups is 1. The molecule has 1 fully saturated rings. The zero-order valence-electron chi connectivity index (χ0n) is 15.0. The number of aliphatic hydroxyl groups excluding tert-OH is 1. The van der Waals surface area contributed by atoms with Crippen molar-refractivity contribution >= 4 is 11.5 Å². The van der Waals surface area contributed by atoms with Crippen molar-refractivity contribution in [3.05, 3.63) is 47.3 Å². The number of piperidine rings is 1. The highest BCUT2D eigenvalue weighted by Crippen LogP contribution is 2.33. The standard InChI is InChI=1S/C20H24N4O/c1-13-14(2)21-19-18(16-8-5-4-6-9-16)15(3)22-24(19)20(13)23-11-7-10-17(25)12-23/h4-6,8-9,17,25H,7,10-12H2,1-3H3/t17-/m1/s1. The summed E-state index contributed by atoms with van der Waals surface area (Å²) in [6.07, 6.45) is 1.59. The molecule has 5 nitrogen and oxygen atoms in total. The zero-order chi connectivity index (χ0) is 17.6. The van der Waals surface area contributed by atoms with Gasteiger partial charge in [0.1, 0.15) is 5.82 Å². The molecule has 0 spiro atoms. The first-order valence-corrected chi connectivity index (χ1v) is 8.91. The van der Waals surface area contributed by atoms with Crippen molar-refractivity contribution in [2.24, 2.45) is 0 Å². The third-order valence-electron chi connectivity index (χ3n) is 5.15. The molecule has 4 rings (SSSR count). The van der Waals surface area contributed by atoms with Crippen molar-refractivity contribution in [1.82, 2.24) is 14.6 Å². The lowest BCUT2D eigenvalue weighted by Gasteiger charge is -2.33. The Morgan fingerprint density at radius 1 is 1.08 bits per heavy atom. The number of anilines is 1. The molecule has 3 aromatic rings. The van der Waals surface area contributed by atoms with Crippen molar-refractivity contribution < 1.29 is 5.11 Å². The predicted molar refractivity (Wildman–Crippen MR) is 100 cm³/mol. The molecule has 1 aromatic carbocycles. The van der Waals surface area contributed by atoms with E-state index in [9.17, 15) is 5.11 Å². The van der Waals surface area contributed by atoms with Crippen LogP contribution < -0.4 is 4.90 Å². The van der Waals surface area contributed by atoms with Crippen LogP contribution in [0.15, 0.2) is 30.3 Å². The second kappa shape index (κ2) is 6.15. The topological polar surface area (TPSA) is 53.7 Å². The summed E-state index contributed by atoms with van der Waals surface area (Å²) >= 11 is 0. The molecule has 3 heterocycles. The Labute approximate surface area is 147 Å². The Morgan fingerprint density at radius 3 is 2.56 bits per heavy atom. The number of hydrogen-bond donors (Lipinski definition) is 1. The van der Waals surface area contributed by atoms with Gasteiger partial charge in [-0.3, -0.25) is 0 Å². The number of hydrogen-bond acceptors (Lipinski definition) is 4. The smallest absolute Gasteiger partial charge is 0.165 e. The number of aryl methyl sites for hydroxylation is 2. The summed E-state index contributed by atoms with van der Waals surface area (Å²) in [5, 5.41) is 14.9. The molecule has 130 valence electrons. The van der Waals surface area contributed by atoms with E-state index in [0.29, 0.717) is 6.54 Å². The minimum absolute atomic E-state index is 0.276. The van der Waals surface area contributed by atoms with E-state index in [-0.39, 0.29) is 6.10 Å². The highest BCUT2D eigenvalue weighted by molar-refractivity contribution is 5.81. The van der Waals surface area contributed by atoms with Gasteiger partial charge in [-0.1, -0.05) is 30.3 Å². The fraction of sp³-hybridized carbons (Fsp3) is 0.400. The van der Waals surface area contributed by atoms with Gasteiger partial charge in [-0.2, -0.15) is 9.61 Å². The van der Waals surface area contributed by atoms with E-state index < -0.39 is 0 Å². The van der Waals surface area contributed by atoms with Crippen LogP contribution in [0.4, 0.5) is 5.82 Å². The summed E-state index contributed by atoms with van der Waals surface area (Å²) in [4.78, 5) is 7.11. The van der Waals surface area contributed by atoms with Gasteiger partial charge in [0.25, 0.3) is 0 Å². The Kier molecular flexibility index (Phi) is 3.96. The first-order chi connectivity index (χ1) is 12.1. The van der Waals surface area contributed by atoms with E-state index in [1.54, 1.807) is 0 Å². The second-order valence-corrected chi connectivity index (χ2v) is 6.95. The van der Waals surface area contributed by atoms with E-state index >= 15 is 0 Å². The maximum absolute atomic E-state index is 10.1. The lowest BCUT2D eigenvalue weighted by atomic mass is 10.1. The summed E-state index contributed by atoms with van der Waals surface area (Å²) < 4.78 is 1.97. The van der Waals surface area contributed by atoms with E-state index in [1.165, 1.54) is 0 Å². The van der Waals surface area contributed by atoms with Gasteiger partial charge in [0.05, 0.1) is 11.8 Å². The van der Waals surface area contributed by atoms with Gasteiger partial charge in [0, 0.05) is 29.9 Å². The number of β-amino-alcohol motifs (C(OH)–C–C–N with tert-alkyl or cyclic N) is 1. The molecular weight excluding hydrogens is 312 g/mol. The molecule has 0 bridgehead atoms. The Bertz CT molecular complexity index is 917.